The summed E-state index contributed by atoms with van der Waals surface area (Å²) in [6.07, 6.45) is 1.48. The molecule has 100 valence electrons. The summed E-state index contributed by atoms with van der Waals surface area (Å²) in [5.41, 5.74) is 0.522. The fraction of sp³-hybridized carbons (Fsp3) is 0.182. The highest BCUT2D eigenvalue weighted by molar-refractivity contribution is 5.53. The van der Waals surface area contributed by atoms with Crippen molar-refractivity contribution in [1.29, 1.82) is 0 Å². The molecule has 1 aromatic carbocycles. The predicted octanol–water partition coefficient (Wildman–Crippen LogP) is 2.52. The highest BCUT2D eigenvalue weighted by Gasteiger charge is 2.18. The molecule has 1 heterocycles. The molecule has 0 aliphatic heterocycles. The molecule has 19 heavy (non-hydrogen) atoms. The summed E-state index contributed by atoms with van der Waals surface area (Å²) in [5.74, 6) is -2.10. The molecule has 0 saturated heterocycles. The zero-order chi connectivity index (χ0) is 14.0. The zero-order valence-electron chi connectivity index (χ0n) is 9.91. The fourth-order valence-electron chi connectivity index (χ4n) is 1.56. The van der Waals surface area contributed by atoms with E-state index in [9.17, 15) is 18.9 Å². The van der Waals surface area contributed by atoms with Crippen LogP contribution in [0.1, 0.15) is 11.4 Å². The normalized spacial score (nSPS) is 10.5. The standard InChI is InChI=1S/C11H10F2N4O2/c1-6-10(16-5-15-6)4-14-9-3-11(17(18)19)8(13)2-7(9)12/h2-3,5,14H,4H2,1H3,(H,15,16). The van der Waals surface area contributed by atoms with Gasteiger partial charge in [-0.15, -0.1) is 0 Å². The Morgan fingerprint density at radius 3 is 2.74 bits per heavy atom. The molecule has 0 fully saturated rings. The summed E-state index contributed by atoms with van der Waals surface area (Å²) in [5, 5.41) is 13.2. The lowest BCUT2D eigenvalue weighted by atomic mass is 10.2. The van der Waals surface area contributed by atoms with E-state index in [2.05, 4.69) is 15.3 Å². The molecule has 0 bridgehead atoms. The highest BCUT2D eigenvalue weighted by Crippen LogP contribution is 2.25. The largest absolute Gasteiger partial charge is 0.377 e. The minimum absolute atomic E-state index is 0.143. The Labute approximate surface area is 106 Å². The van der Waals surface area contributed by atoms with E-state index in [0.29, 0.717) is 11.8 Å². The van der Waals surface area contributed by atoms with E-state index in [0.717, 1.165) is 11.8 Å². The number of aromatic amines is 1. The van der Waals surface area contributed by atoms with Gasteiger partial charge in [0.1, 0.15) is 5.82 Å². The van der Waals surface area contributed by atoms with Crippen LogP contribution < -0.4 is 5.32 Å². The number of halogens is 2. The van der Waals surface area contributed by atoms with Gasteiger partial charge >= 0.3 is 5.69 Å². The smallest absolute Gasteiger partial charge is 0.307 e. The summed E-state index contributed by atoms with van der Waals surface area (Å²) in [6, 6.07) is 1.31. The van der Waals surface area contributed by atoms with Crippen molar-refractivity contribution in [3.05, 3.63) is 51.6 Å². The molecule has 0 unspecified atom stereocenters. The van der Waals surface area contributed by atoms with Crippen LogP contribution >= 0.6 is 0 Å². The van der Waals surface area contributed by atoms with Crippen molar-refractivity contribution in [3.63, 3.8) is 0 Å². The first-order chi connectivity index (χ1) is 8.99. The van der Waals surface area contributed by atoms with Crippen LogP contribution in [0.4, 0.5) is 20.2 Å². The average Bonchev–Trinajstić information content (AvgIpc) is 2.73. The van der Waals surface area contributed by atoms with E-state index in [-0.39, 0.29) is 12.2 Å². The third-order valence-corrected chi connectivity index (χ3v) is 2.61. The topological polar surface area (TPSA) is 83.8 Å². The Kier molecular flexibility index (Phi) is 3.41. The maximum Gasteiger partial charge on any atom is 0.307 e. The van der Waals surface area contributed by atoms with E-state index in [1.807, 2.05) is 0 Å². The second-order valence-electron chi connectivity index (χ2n) is 3.87. The van der Waals surface area contributed by atoms with Gasteiger partial charge < -0.3 is 10.3 Å². The van der Waals surface area contributed by atoms with Crippen LogP contribution in [0, 0.1) is 28.7 Å². The number of hydrogen-bond acceptors (Lipinski definition) is 4. The van der Waals surface area contributed by atoms with E-state index >= 15 is 0 Å². The molecular weight excluding hydrogens is 258 g/mol. The molecule has 2 aromatic rings. The minimum atomic E-state index is -1.20. The summed E-state index contributed by atoms with van der Waals surface area (Å²) in [6.45, 7) is 1.96. The number of aromatic nitrogens is 2. The van der Waals surface area contributed by atoms with E-state index < -0.39 is 22.2 Å². The maximum atomic E-state index is 13.5. The van der Waals surface area contributed by atoms with Gasteiger partial charge in [-0.05, 0) is 6.92 Å². The molecule has 6 nitrogen and oxygen atoms in total. The van der Waals surface area contributed by atoms with Gasteiger partial charge in [-0.1, -0.05) is 0 Å². The van der Waals surface area contributed by atoms with Crippen molar-refractivity contribution in [3.8, 4) is 0 Å². The summed E-state index contributed by atoms with van der Waals surface area (Å²) < 4.78 is 26.6. The van der Waals surface area contributed by atoms with Gasteiger partial charge in [-0.2, -0.15) is 4.39 Å². The van der Waals surface area contributed by atoms with Crippen molar-refractivity contribution < 1.29 is 13.7 Å². The van der Waals surface area contributed by atoms with E-state index in [4.69, 9.17) is 0 Å². The molecule has 0 amide bonds. The molecule has 0 aliphatic carbocycles. The van der Waals surface area contributed by atoms with Crippen LogP contribution in [0.2, 0.25) is 0 Å². The van der Waals surface area contributed by atoms with Crippen molar-refractivity contribution in [2.45, 2.75) is 13.5 Å². The second-order valence-corrected chi connectivity index (χ2v) is 3.87. The van der Waals surface area contributed by atoms with E-state index in [1.165, 1.54) is 6.33 Å². The van der Waals surface area contributed by atoms with Crippen molar-refractivity contribution in [2.24, 2.45) is 0 Å². The zero-order valence-corrected chi connectivity index (χ0v) is 9.91. The average molecular weight is 268 g/mol. The number of nitro groups is 1. The molecule has 0 saturated carbocycles. The number of benzene rings is 1. The maximum absolute atomic E-state index is 13.5. The number of nitrogens with one attached hydrogen (secondary N) is 2. The van der Waals surface area contributed by atoms with Crippen molar-refractivity contribution in [2.75, 3.05) is 5.32 Å². The molecule has 0 atom stereocenters. The predicted molar refractivity (Wildman–Crippen MR) is 63.7 cm³/mol. The Bertz CT molecular complexity index is 627. The lowest BCUT2D eigenvalue weighted by molar-refractivity contribution is -0.387. The van der Waals surface area contributed by atoms with Crippen LogP contribution in [0.5, 0.6) is 0 Å². The molecule has 0 spiro atoms. The Hall–Kier alpha value is -2.51. The fourth-order valence-corrected chi connectivity index (χ4v) is 1.56. The lowest BCUT2D eigenvalue weighted by Crippen LogP contribution is -2.05. The van der Waals surface area contributed by atoms with Crippen LogP contribution in [0.3, 0.4) is 0 Å². The van der Waals surface area contributed by atoms with Crippen molar-refractivity contribution in [1.82, 2.24) is 9.97 Å². The summed E-state index contributed by atoms with van der Waals surface area (Å²) >= 11 is 0. The lowest BCUT2D eigenvalue weighted by Gasteiger charge is -2.07. The number of hydrogen-bond donors (Lipinski definition) is 2. The Morgan fingerprint density at radius 1 is 1.42 bits per heavy atom. The van der Waals surface area contributed by atoms with Gasteiger partial charge in [-0.25, -0.2) is 9.37 Å². The van der Waals surface area contributed by atoms with Gasteiger partial charge in [0, 0.05) is 17.8 Å². The van der Waals surface area contributed by atoms with E-state index in [1.54, 1.807) is 6.92 Å². The number of rotatable bonds is 4. The molecule has 1 aromatic heterocycles. The van der Waals surface area contributed by atoms with Gasteiger partial charge in [0.2, 0.25) is 5.82 Å². The number of imidazole rings is 1. The van der Waals surface area contributed by atoms with Gasteiger partial charge in [-0.3, -0.25) is 10.1 Å². The molecule has 2 N–H and O–H groups in total. The van der Waals surface area contributed by atoms with Crippen LogP contribution in [0.25, 0.3) is 0 Å². The van der Waals surface area contributed by atoms with Crippen LogP contribution in [-0.2, 0) is 6.54 Å². The first-order valence-corrected chi connectivity index (χ1v) is 5.35. The number of aryl methyl sites for hydroxylation is 1. The third-order valence-electron chi connectivity index (χ3n) is 2.61. The van der Waals surface area contributed by atoms with Crippen LogP contribution in [-0.4, -0.2) is 14.9 Å². The first kappa shape index (κ1) is 12.9. The molecule has 0 aliphatic rings. The Morgan fingerprint density at radius 2 is 2.16 bits per heavy atom. The number of H-pyrrole nitrogens is 1. The number of nitro benzene ring substituents is 1. The van der Waals surface area contributed by atoms with Crippen LogP contribution in [0.15, 0.2) is 18.5 Å². The number of nitrogens with zero attached hydrogens (tertiary/aromatic N) is 2. The van der Waals surface area contributed by atoms with Crippen molar-refractivity contribution >= 4 is 11.4 Å². The third kappa shape index (κ3) is 2.67. The van der Waals surface area contributed by atoms with Gasteiger partial charge in [0.05, 0.1) is 29.2 Å². The van der Waals surface area contributed by atoms with Gasteiger partial charge in [0.25, 0.3) is 0 Å². The molecule has 2 rings (SSSR count). The monoisotopic (exact) mass is 268 g/mol. The van der Waals surface area contributed by atoms with Gasteiger partial charge in [0.15, 0.2) is 0 Å². The molecular formula is C11H10F2N4O2. The molecule has 8 heteroatoms. The minimum Gasteiger partial charge on any atom is -0.377 e. The first-order valence-electron chi connectivity index (χ1n) is 5.35. The highest BCUT2D eigenvalue weighted by atomic mass is 19.1. The number of anilines is 1. The SMILES string of the molecule is Cc1[nH]cnc1CNc1cc([N+](=O)[O-])c(F)cc1F. The summed E-state index contributed by atoms with van der Waals surface area (Å²) in [4.78, 5) is 16.5. The second kappa shape index (κ2) is 5.01. The molecule has 0 radical (unpaired) electrons. The summed E-state index contributed by atoms with van der Waals surface area (Å²) in [7, 11) is 0. The Balaban J connectivity index is 2.23. The quantitative estimate of drug-likeness (QED) is 0.659.